The van der Waals surface area contributed by atoms with Gasteiger partial charge in [-0.1, -0.05) is 6.07 Å². The molecular weight excluding hydrogens is 274 g/mol. The fourth-order valence-corrected chi connectivity index (χ4v) is 3.35. The van der Waals surface area contributed by atoms with E-state index < -0.39 is 0 Å². The molecular formula is C15H15NO3S. The van der Waals surface area contributed by atoms with Gasteiger partial charge >= 0.3 is 0 Å². The topological polar surface area (TPSA) is 48.4 Å². The zero-order valence-electron chi connectivity index (χ0n) is 11.4. The minimum absolute atomic E-state index is 0.209. The first-order valence-electron chi connectivity index (χ1n) is 6.44. The van der Waals surface area contributed by atoms with Crippen LogP contribution >= 0.6 is 11.3 Å². The molecule has 1 atom stereocenters. The van der Waals surface area contributed by atoms with E-state index in [0.717, 1.165) is 33.7 Å². The molecule has 0 fully saturated rings. The maximum Gasteiger partial charge on any atom is 0.213 e. The van der Waals surface area contributed by atoms with Gasteiger partial charge in [-0.3, -0.25) is 4.79 Å². The third-order valence-corrected chi connectivity index (χ3v) is 4.47. The first-order valence-corrected chi connectivity index (χ1v) is 7.25. The number of fused-ring (bicyclic) bond motifs is 1. The SMILES string of the molecule is COc1ccc2c(n1)C(c1cc(C=O)sc1C)OCC2. The smallest absolute Gasteiger partial charge is 0.213 e. The number of aromatic nitrogens is 1. The van der Waals surface area contributed by atoms with Gasteiger partial charge in [0.2, 0.25) is 5.88 Å². The first kappa shape index (κ1) is 13.3. The molecule has 0 aromatic carbocycles. The van der Waals surface area contributed by atoms with Crippen LogP contribution < -0.4 is 4.74 Å². The number of carbonyl (C=O) groups is 1. The second-order valence-corrected chi connectivity index (χ2v) is 5.96. The van der Waals surface area contributed by atoms with E-state index in [0.29, 0.717) is 12.5 Å². The second-order valence-electron chi connectivity index (χ2n) is 4.68. The Morgan fingerprint density at radius 2 is 2.35 bits per heavy atom. The highest BCUT2D eigenvalue weighted by molar-refractivity contribution is 7.13. The van der Waals surface area contributed by atoms with Crippen LogP contribution in [0, 0.1) is 6.92 Å². The van der Waals surface area contributed by atoms with E-state index in [1.165, 1.54) is 16.9 Å². The molecule has 3 rings (SSSR count). The molecule has 3 heterocycles. The molecule has 5 heteroatoms. The Bertz CT molecular complexity index is 651. The van der Waals surface area contributed by atoms with Crippen LogP contribution in [0.2, 0.25) is 0 Å². The molecule has 2 aromatic heterocycles. The van der Waals surface area contributed by atoms with E-state index in [1.54, 1.807) is 7.11 Å². The van der Waals surface area contributed by atoms with Crippen molar-refractivity contribution >= 4 is 17.6 Å². The van der Waals surface area contributed by atoms with Crippen molar-refractivity contribution in [1.82, 2.24) is 4.98 Å². The minimum Gasteiger partial charge on any atom is -0.481 e. The Morgan fingerprint density at radius 3 is 3.05 bits per heavy atom. The van der Waals surface area contributed by atoms with Gasteiger partial charge in [0.15, 0.2) is 6.29 Å². The van der Waals surface area contributed by atoms with Crippen molar-refractivity contribution in [3.05, 3.63) is 44.8 Å². The number of thiophene rings is 1. The number of carbonyl (C=O) groups excluding carboxylic acids is 1. The number of nitrogens with zero attached hydrogens (tertiary/aromatic N) is 1. The largest absolute Gasteiger partial charge is 0.481 e. The second kappa shape index (κ2) is 5.34. The van der Waals surface area contributed by atoms with Gasteiger partial charge in [-0.05, 0) is 25.0 Å². The van der Waals surface area contributed by atoms with Crippen molar-refractivity contribution in [2.45, 2.75) is 19.4 Å². The maximum atomic E-state index is 10.9. The lowest BCUT2D eigenvalue weighted by atomic mass is 9.98. The number of hydrogen-bond acceptors (Lipinski definition) is 5. The molecule has 0 radical (unpaired) electrons. The van der Waals surface area contributed by atoms with Crippen LogP contribution in [0.3, 0.4) is 0 Å². The summed E-state index contributed by atoms with van der Waals surface area (Å²) in [6.45, 7) is 2.67. The van der Waals surface area contributed by atoms with Gasteiger partial charge in [-0.2, -0.15) is 0 Å². The number of pyridine rings is 1. The highest BCUT2D eigenvalue weighted by atomic mass is 32.1. The van der Waals surface area contributed by atoms with E-state index in [-0.39, 0.29) is 6.10 Å². The quantitative estimate of drug-likeness (QED) is 0.815. The molecule has 1 unspecified atom stereocenters. The van der Waals surface area contributed by atoms with Gasteiger partial charge in [0.1, 0.15) is 6.10 Å². The van der Waals surface area contributed by atoms with Crippen molar-refractivity contribution in [3.8, 4) is 5.88 Å². The molecule has 20 heavy (non-hydrogen) atoms. The average Bonchev–Trinajstić information content (AvgIpc) is 2.87. The summed E-state index contributed by atoms with van der Waals surface area (Å²) < 4.78 is 11.1. The molecule has 0 amide bonds. The highest BCUT2D eigenvalue weighted by Crippen LogP contribution is 2.36. The molecule has 4 nitrogen and oxygen atoms in total. The van der Waals surface area contributed by atoms with Crippen molar-refractivity contribution in [3.63, 3.8) is 0 Å². The summed E-state index contributed by atoms with van der Waals surface area (Å²) in [4.78, 5) is 17.3. The molecule has 0 saturated heterocycles. The number of aldehydes is 1. The van der Waals surface area contributed by atoms with Crippen molar-refractivity contribution in [2.24, 2.45) is 0 Å². The zero-order chi connectivity index (χ0) is 14.1. The fraction of sp³-hybridized carbons (Fsp3) is 0.333. The van der Waals surface area contributed by atoms with Crippen molar-refractivity contribution in [2.75, 3.05) is 13.7 Å². The van der Waals surface area contributed by atoms with E-state index in [1.807, 2.05) is 25.1 Å². The summed E-state index contributed by atoms with van der Waals surface area (Å²) in [5.41, 5.74) is 3.10. The third kappa shape index (κ3) is 2.23. The fourth-order valence-electron chi connectivity index (χ4n) is 2.48. The summed E-state index contributed by atoms with van der Waals surface area (Å²) in [6, 6.07) is 5.81. The third-order valence-electron chi connectivity index (χ3n) is 3.47. The molecule has 0 N–H and O–H groups in total. The number of aryl methyl sites for hydroxylation is 1. The zero-order valence-corrected chi connectivity index (χ0v) is 12.2. The van der Waals surface area contributed by atoms with Crippen molar-refractivity contribution in [1.29, 1.82) is 0 Å². The van der Waals surface area contributed by atoms with Crippen LogP contribution in [0.25, 0.3) is 0 Å². The number of rotatable bonds is 3. The van der Waals surface area contributed by atoms with Gasteiger partial charge in [0.05, 0.1) is 24.3 Å². The van der Waals surface area contributed by atoms with Gasteiger partial charge in [-0.15, -0.1) is 11.3 Å². The predicted molar refractivity (Wildman–Crippen MR) is 76.7 cm³/mol. The molecule has 104 valence electrons. The Morgan fingerprint density at radius 1 is 1.50 bits per heavy atom. The minimum atomic E-state index is -0.209. The van der Waals surface area contributed by atoms with E-state index in [9.17, 15) is 4.79 Å². The van der Waals surface area contributed by atoms with Gasteiger partial charge in [0, 0.05) is 16.5 Å². The monoisotopic (exact) mass is 289 g/mol. The average molecular weight is 289 g/mol. The lowest BCUT2D eigenvalue weighted by Gasteiger charge is -2.25. The summed E-state index contributed by atoms with van der Waals surface area (Å²) in [6.07, 6.45) is 1.52. The summed E-state index contributed by atoms with van der Waals surface area (Å²) in [5, 5.41) is 0. The van der Waals surface area contributed by atoms with E-state index >= 15 is 0 Å². The summed E-state index contributed by atoms with van der Waals surface area (Å²) in [7, 11) is 1.60. The standard InChI is InChI=1S/C15H15NO3S/c1-9-12(7-11(8-17)20-9)15-14-10(5-6-19-15)3-4-13(16-14)18-2/h3-4,7-8,15H,5-6H2,1-2H3. The lowest BCUT2D eigenvalue weighted by Crippen LogP contribution is -2.19. The summed E-state index contributed by atoms with van der Waals surface area (Å²) in [5.74, 6) is 0.586. The first-order chi connectivity index (χ1) is 9.72. The van der Waals surface area contributed by atoms with Crippen LogP contribution in [-0.4, -0.2) is 25.0 Å². The molecule has 0 saturated carbocycles. The molecule has 1 aliphatic heterocycles. The molecule has 1 aliphatic rings. The maximum absolute atomic E-state index is 10.9. The molecule has 0 spiro atoms. The lowest BCUT2D eigenvalue weighted by molar-refractivity contribution is 0.0658. The van der Waals surface area contributed by atoms with Gasteiger partial charge < -0.3 is 9.47 Å². The normalized spacial score (nSPS) is 17.6. The highest BCUT2D eigenvalue weighted by Gasteiger charge is 2.27. The van der Waals surface area contributed by atoms with Gasteiger partial charge in [-0.25, -0.2) is 4.98 Å². The number of hydrogen-bond donors (Lipinski definition) is 0. The van der Waals surface area contributed by atoms with E-state index in [2.05, 4.69) is 4.98 Å². The number of ether oxygens (including phenoxy) is 2. The van der Waals surface area contributed by atoms with Crippen LogP contribution in [0.4, 0.5) is 0 Å². The predicted octanol–water partition coefficient (Wildman–Crippen LogP) is 2.93. The summed E-state index contributed by atoms with van der Waals surface area (Å²) >= 11 is 1.49. The molecule has 0 bridgehead atoms. The number of methoxy groups -OCH3 is 1. The van der Waals surface area contributed by atoms with Crippen LogP contribution in [-0.2, 0) is 11.2 Å². The van der Waals surface area contributed by atoms with Gasteiger partial charge in [0.25, 0.3) is 0 Å². The Labute approximate surface area is 121 Å². The van der Waals surface area contributed by atoms with Crippen molar-refractivity contribution < 1.29 is 14.3 Å². The Balaban J connectivity index is 2.08. The van der Waals surface area contributed by atoms with Crippen LogP contribution in [0.1, 0.15) is 37.5 Å². The van der Waals surface area contributed by atoms with Crippen LogP contribution in [0.15, 0.2) is 18.2 Å². The van der Waals surface area contributed by atoms with Crippen LogP contribution in [0.5, 0.6) is 5.88 Å². The van der Waals surface area contributed by atoms with E-state index in [4.69, 9.17) is 9.47 Å². The Hall–Kier alpha value is -1.72. The molecule has 0 aliphatic carbocycles. The Kier molecular flexibility index (Phi) is 3.54. The molecule has 2 aromatic rings.